The molecular formula is C23H30N2O2S. The molecule has 0 aliphatic heterocycles. The first kappa shape index (κ1) is 22.0. The number of carbonyl (C=O) groups is 2. The third-order valence-corrected chi connectivity index (χ3v) is 5.57. The Morgan fingerprint density at radius 1 is 1.07 bits per heavy atom. The fourth-order valence-corrected chi connectivity index (χ4v) is 3.79. The number of nitrogens with zero attached hydrogens (tertiary/aromatic N) is 1. The van der Waals surface area contributed by atoms with Crippen LogP contribution < -0.4 is 5.32 Å². The normalized spacial score (nSPS) is 11.7. The lowest BCUT2D eigenvalue weighted by Crippen LogP contribution is -2.47. The van der Waals surface area contributed by atoms with Gasteiger partial charge in [0, 0.05) is 30.2 Å². The van der Waals surface area contributed by atoms with Gasteiger partial charge in [0.05, 0.1) is 0 Å². The SMILES string of the molecule is CCNC(=O)[C@@H](C)N(Cc1cccc(C)c1)C(=O)CCSc1ccc(C)cc1. The maximum Gasteiger partial charge on any atom is 0.242 e. The van der Waals surface area contributed by atoms with Gasteiger partial charge in [-0.3, -0.25) is 9.59 Å². The molecule has 0 aromatic heterocycles. The van der Waals surface area contributed by atoms with E-state index in [9.17, 15) is 9.59 Å². The summed E-state index contributed by atoms with van der Waals surface area (Å²) in [7, 11) is 0. The lowest BCUT2D eigenvalue weighted by atomic mass is 10.1. The number of nitrogens with one attached hydrogen (secondary N) is 1. The van der Waals surface area contributed by atoms with E-state index in [-0.39, 0.29) is 11.8 Å². The molecule has 4 nitrogen and oxygen atoms in total. The topological polar surface area (TPSA) is 49.4 Å². The molecule has 5 heteroatoms. The van der Waals surface area contributed by atoms with Gasteiger partial charge in [-0.05, 0) is 45.4 Å². The first-order chi connectivity index (χ1) is 13.4. The maximum absolute atomic E-state index is 13.0. The van der Waals surface area contributed by atoms with Crippen LogP contribution in [0.2, 0.25) is 0 Å². The van der Waals surface area contributed by atoms with E-state index >= 15 is 0 Å². The minimum Gasteiger partial charge on any atom is -0.355 e. The summed E-state index contributed by atoms with van der Waals surface area (Å²) in [4.78, 5) is 28.2. The molecule has 2 rings (SSSR count). The summed E-state index contributed by atoms with van der Waals surface area (Å²) >= 11 is 1.67. The summed E-state index contributed by atoms with van der Waals surface area (Å²) in [5, 5.41) is 2.83. The molecule has 1 atom stereocenters. The van der Waals surface area contributed by atoms with Crippen molar-refractivity contribution >= 4 is 23.6 Å². The van der Waals surface area contributed by atoms with Gasteiger partial charge in [0.2, 0.25) is 11.8 Å². The Labute approximate surface area is 172 Å². The van der Waals surface area contributed by atoms with Gasteiger partial charge in [-0.15, -0.1) is 11.8 Å². The molecule has 0 spiro atoms. The van der Waals surface area contributed by atoms with E-state index in [0.29, 0.717) is 25.3 Å². The number of thioether (sulfide) groups is 1. The zero-order valence-electron chi connectivity index (χ0n) is 17.2. The van der Waals surface area contributed by atoms with Crippen LogP contribution in [0, 0.1) is 13.8 Å². The van der Waals surface area contributed by atoms with Crippen LogP contribution in [0.5, 0.6) is 0 Å². The molecular weight excluding hydrogens is 368 g/mol. The van der Waals surface area contributed by atoms with Gasteiger partial charge in [-0.25, -0.2) is 0 Å². The summed E-state index contributed by atoms with van der Waals surface area (Å²) < 4.78 is 0. The van der Waals surface area contributed by atoms with Crippen molar-refractivity contribution in [3.63, 3.8) is 0 Å². The highest BCUT2D eigenvalue weighted by Crippen LogP contribution is 2.20. The van der Waals surface area contributed by atoms with E-state index in [4.69, 9.17) is 0 Å². The number of aryl methyl sites for hydroxylation is 2. The molecule has 0 saturated carbocycles. The van der Waals surface area contributed by atoms with Crippen LogP contribution in [-0.2, 0) is 16.1 Å². The fourth-order valence-electron chi connectivity index (χ4n) is 2.95. The lowest BCUT2D eigenvalue weighted by molar-refractivity contribution is -0.140. The fraction of sp³-hybridized carbons (Fsp3) is 0.391. The molecule has 0 heterocycles. The molecule has 150 valence electrons. The van der Waals surface area contributed by atoms with Crippen LogP contribution in [0.3, 0.4) is 0 Å². The second-order valence-corrected chi connectivity index (χ2v) is 8.16. The predicted octanol–water partition coefficient (Wildman–Crippen LogP) is 4.34. The molecule has 0 aliphatic rings. The molecule has 0 unspecified atom stereocenters. The maximum atomic E-state index is 13.0. The van der Waals surface area contributed by atoms with Crippen LogP contribution in [0.25, 0.3) is 0 Å². The Kier molecular flexibility index (Phi) is 8.58. The van der Waals surface area contributed by atoms with Crippen molar-refractivity contribution in [2.45, 2.75) is 51.6 Å². The minimum atomic E-state index is -0.502. The quantitative estimate of drug-likeness (QED) is 0.639. The molecule has 0 aliphatic carbocycles. The Bertz CT molecular complexity index is 789. The number of carbonyl (C=O) groups excluding carboxylic acids is 2. The molecule has 28 heavy (non-hydrogen) atoms. The molecule has 0 bridgehead atoms. The van der Waals surface area contributed by atoms with E-state index in [1.165, 1.54) is 5.56 Å². The number of rotatable bonds is 9. The van der Waals surface area contributed by atoms with Crippen LogP contribution in [0.4, 0.5) is 0 Å². The molecule has 2 aromatic rings. The standard InChI is InChI=1S/C23H30N2O2S/c1-5-24-23(27)19(4)25(16-20-8-6-7-18(3)15-20)22(26)13-14-28-21-11-9-17(2)10-12-21/h6-12,15,19H,5,13-14,16H2,1-4H3,(H,24,27)/t19-/m1/s1. The number of likely N-dealkylation sites (N-methyl/N-ethyl adjacent to an activating group) is 1. The molecule has 2 amide bonds. The van der Waals surface area contributed by atoms with Crippen molar-refractivity contribution in [3.05, 3.63) is 65.2 Å². The smallest absolute Gasteiger partial charge is 0.242 e. The average Bonchev–Trinajstić information content (AvgIpc) is 2.67. The van der Waals surface area contributed by atoms with Crippen LogP contribution in [0.15, 0.2) is 53.4 Å². The van der Waals surface area contributed by atoms with Crippen molar-refractivity contribution < 1.29 is 9.59 Å². The molecule has 0 fully saturated rings. The van der Waals surface area contributed by atoms with Crippen LogP contribution >= 0.6 is 11.8 Å². The van der Waals surface area contributed by atoms with Gasteiger partial charge < -0.3 is 10.2 Å². The van der Waals surface area contributed by atoms with E-state index < -0.39 is 6.04 Å². The van der Waals surface area contributed by atoms with Gasteiger partial charge in [0.25, 0.3) is 0 Å². The third-order valence-electron chi connectivity index (χ3n) is 4.56. The van der Waals surface area contributed by atoms with Gasteiger partial charge in [-0.2, -0.15) is 0 Å². The van der Waals surface area contributed by atoms with E-state index in [1.54, 1.807) is 23.6 Å². The zero-order chi connectivity index (χ0) is 20.5. The first-order valence-corrected chi connectivity index (χ1v) is 10.7. The summed E-state index contributed by atoms with van der Waals surface area (Å²) in [6, 6.07) is 15.9. The highest BCUT2D eigenvalue weighted by Gasteiger charge is 2.25. The Hall–Kier alpha value is -2.27. The van der Waals surface area contributed by atoms with E-state index in [0.717, 1.165) is 16.0 Å². The second kappa shape index (κ2) is 10.9. The lowest BCUT2D eigenvalue weighted by Gasteiger charge is -2.29. The number of hydrogen-bond donors (Lipinski definition) is 1. The van der Waals surface area contributed by atoms with Gasteiger partial charge in [-0.1, -0.05) is 47.5 Å². The van der Waals surface area contributed by atoms with Crippen LogP contribution in [-0.4, -0.2) is 35.1 Å². The minimum absolute atomic E-state index is 0.000120. The first-order valence-electron chi connectivity index (χ1n) is 9.73. The molecule has 0 radical (unpaired) electrons. The summed E-state index contributed by atoms with van der Waals surface area (Å²) in [5.41, 5.74) is 3.40. The largest absolute Gasteiger partial charge is 0.355 e. The highest BCUT2D eigenvalue weighted by atomic mass is 32.2. The predicted molar refractivity (Wildman–Crippen MR) is 116 cm³/mol. The monoisotopic (exact) mass is 398 g/mol. The van der Waals surface area contributed by atoms with Crippen molar-refractivity contribution in [1.82, 2.24) is 10.2 Å². The van der Waals surface area contributed by atoms with Crippen molar-refractivity contribution in [1.29, 1.82) is 0 Å². The van der Waals surface area contributed by atoms with Gasteiger partial charge >= 0.3 is 0 Å². The van der Waals surface area contributed by atoms with Crippen LogP contribution in [0.1, 0.15) is 37.0 Å². The van der Waals surface area contributed by atoms with E-state index in [1.807, 2.05) is 32.0 Å². The average molecular weight is 399 g/mol. The number of benzene rings is 2. The molecule has 0 saturated heterocycles. The Morgan fingerprint density at radius 3 is 2.43 bits per heavy atom. The molecule has 2 aromatic carbocycles. The van der Waals surface area contributed by atoms with Crippen molar-refractivity contribution in [3.8, 4) is 0 Å². The van der Waals surface area contributed by atoms with Gasteiger partial charge in [0.1, 0.15) is 6.04 Å². The number of amides is 2. The van der Waals surface area contributed by atoms with E-state index in [2.05, 4.69) is 42.6 Å². The highest BCUT2D eigenvalue weighted by molar-refractivity contribution is 7.99. The number of hydrogen-bond acceptors (Lipinski definition) is 3. The molecule has 1 N–H and O–H groups in total. The van der Waals surface area contributed by atoms with Crippen molar-refractivity contribution in [2.75, 3.05) is 12.3 Å². The second-order valence-electron chi connectivity index (χ2n) is 6.99. The summed E-state index contributed by atoms with van der Waals surface area (Å²) in [6.07, 6.45) is 0.397. The Balaban J connectivity index is 2.04. The van der Waals surface area contributed by atoms with Crippen molar-refractivity contribution in [2.24, 2.45) is 0 Å². The summed E-state index contributed by atoms with van der Waals surface area (Å²) in [5.74, 6) is 0.573. The third kappa shape index (κ3) is 6.71. The Morgan fingerprint density at radius 2 is 1.79 bits per heavy atom. The van der Waals surface area contributed by atoms with Gasteiger partial charge in [0.15, 0.2) is 0 Å². The summed E-state index contributed by atoms with van der Waals surface area (Å²) in [6.45, 7) is 8.76. The zero-order valence-corrected chi connectivity index (χ0v) is 18.0.